The number of hydrogen-bond acceptors (Lipinski definition) is 3. The number of carbonyl (C=O) groups excluding carboxylic acids is 1. The Hall–Kier alpha value is -1.16. The highest BCUT2D eigenvalue weighted by atomic mass is 32.1. The first-order valence-corrected chi connectivity index (χ1v) is 7.70. The molecule has 19 heavy (non-hydrogen) atoms. The molecule has 0 aliphatic heterocycles. The van der Waals surface area contributed by atoms with Gasteiger partial charge in [-0.3, -0.25) is 9.59 Å². The van der Waals surface area contributed by atoms with Gasteiger partial charge in [-0.25, -0.2) is 0 Å². The third-order valence-corrected chi connectivity index (χ3v) is 5.28. The molecule has 2 rings (SSSR count). The van der Waals surface area contributed by atoms with Crippen molar-refractivity contribution in [2.24, 2.45) is 5.41 Å². The summed E-state index contributed by atoms with van der Waals surface area (Å²) in [6.07, 6.45) is 5.30. The van der Waals surface area contributed by atoms with Crippen LogP contribution in [0.25, 0.3) is 0 Å². The summed E-state index contributed by atoms with van der Waals surface area (Å²) in [5, 5.41) is 9.06. The number of carboxylic acids is 1. The van der Waals surface area contributed by atoms with Crippen molar-refractivity contribution in [1.29, 1.82) is 0 Å². The predicted molar refractivity (Wildman–Crippen MR) is 75.8 cm³/mol. The van der Waals surface area contributed by atoms with Crippen molar-refractivity contribution in [1.82, 2.24) is 0 Å². The van der Waals surface area contributed by atoms with Crippen LogP contribution >= 0.6 is 11.3 Å². The molecule has 4 heteroatoms. The Morgan fingerprint density at radius 1 is 1.26 bits per heavy atom. The first-order chi connectivity index (χ1) is 9.04. The van der Waals surface area contributed by atoms with Crippen LogP contribution in [0.4, 0.5) is 0 Å². The monoisotopic (exact) mass is 280 g/mol. The van der Waals surface area contributed by atoms with E-state index in [-0.39, 0.29) is 17.6 Å². The van der Waals surface area contributed by atoms with Gasteiger partial charge in [0.15, 0.2) is 5.78 Å². The van der Waals surface area contributed by atoms with Crippen molar-refractivity contribution >= 4 is 23.1 Å². The Kier molecular flexibility index (Phi) is 4.40. The van der Waals surface area contributed by atoms with Gasteiger partial charge in [0.1, 0.15) is 0 Å². The maximum absolute atomic E-state index is 12.3. The van der Waals surface area contributed by atoms with E-state index >= 15 is 0 Å². The lowest BCUT2D eigenvalue weighted by atomic mass is 9.78. The van der Waals surface area contributed by atoms with Crippen LogP contribution in [0.1, 0.15) is 60.0 Å². The zero-order valence-electron chi connectivity index (χ0n) is 11.3. The molecule has 1 aliphatic carbocycles. The fourth-order valence-corrected chi connectivity index (χ4v) is 3.89. The van der Waals surface area contributed by atoms with Crippen LogP contribution in [0.5, 0.6) is 0 Å². The average Bonchev–Trinajstić information content (AvgIpc) is 2.97. The number of ketones is 1. The third-order valence-electron chi connectivity index (χ3n) is 4.01. The summed E-state index contributed by atoms with van der Waals surface area (Å²) >= 11 is 1.54. The van der Waals surface area contributed by atoms with Crippen molar-refractivity contribution in [3.05, 3.63) is 21.9 Å². The molecule has 1 aliphatic rings. The number of carboxylic acid groups (broad SMARTS) is 1. The van der Waals surface area contributed by atoms with Crippen LogP contribution in [0.15, 0.2) is 12.1 Å². The molecule has 0 saturated heterocycles. The summed E-state index contributed by atoms with van der Waals surface area (Å²) in [6.45, 7) is 2.07. The Bertz CT molecular complexity index is 469. The molecule has 1 saturated carbocycles. The SMILES string of the molecule is CCc1ccc(C(=O)CC2(CC(=O)O)CCCC2)s1. The molecule has 0 aromatic carbocycles. The fourth-order valence-electron chi connectivity index (χ4n) is 3.01. The number of rotatable bonds is 6. The van der Waals surface area contributed by atoms with Crippen LogP contribution < -0.4 is 0 Å². The summed E-state index contributed by atoms with van der Waals surface area (Å²) < 4.78 is 0. The van der Waals surface area contributed by atoms with Crippen molar-refractivity contribution < 1.29 is 14.7 Å². The van der Waals surface area contributed by atoms with Gasteiger partial charge in [0.2, 0.25) is 0 Å². The molecule has 0 amide bonds. The summed E-state index contributed by atoms with van der Waals surface area (Å²) in [7, 11) is 0. The molecule has 3 nitrogen and oxygen atoms in total. The van der Waals surface area contributed by atoms with E-state index in [9.17, 15) is 9.59 Å². The van der Waals surface area contributed by atoms with Crippen LogP contribution in [-0.4, -0.2) is 16.9 Å². The summed E-state index contributed by atoms with van der Waals surface area (Å²) in [5.41, 5.74) is -0.292. The average molecular weight is 280 g/mol. The van der Waals surface area contributed by atoms with Gasteiger partial charge in [0, 0.05) is 11.3 Å². The Labute approximate surface area is 117 Å². The molecular weight excluding hydrogens is 260 g/mol. The lowest BCUT2D eigenvalue weighted by molar-refractivity contribution is -0.139. The summed E-state index contributed by atoms with van der Waals surface area (Å²) in [5.74, 6) is -0.664. The fraction of sp³-hybridized carbons (Fsp3) is 0.600. The van der Waals surface area contributed by atoms with Gasteiger partial charge in [-0.1, -0.05) is 19.8 Å². The van der Waals surface area contributed by atoms with Gasteiger partial charge in [-0.2, -0.15) is 0 Å². The minimum atomic E-state index is -0.782. The molecule has 0 radical (unpaired) electrons. The molecule has 0 bridgehead atoms. The molecular formula is C15H20O3S. The smallest absolute Gasteiger partial charge is 0.303 e. The molecule has 1 aromatic heterocycles. The van der Waals surface area contributed by atoms with Crippen LogP contribution in [0.2, 0.25) is 0 Å². The topological polar surface area (TPSA) is 54.4 Å². The molecule has 1 N–H and O–H groups in total. The maximum atomic E-state index is 12.3. The molecule has 1 fully saturated rings. The standard InChI is InChI=1S/C15H20O3S/c1-2-11-5-6-13(19-11)12(16)9-15(10-14(17)18)7-3-4-8-15/h5-6H,2-4,7-10H2,1H3,(H,17,18). The second kappa shape index (κ2) is 5.87. The highest BCUT2D eigenvalue weighted by Crippen LogP contribution is 2.45. The van der Waals surface area contributed by atoms with E-state index in [0.29, 0.717) is 6.42 Å². The van der Waals surface area contributed by atoms with E-state index in [1.54, 1.807) is 11.3 Å². The van der Waals surface area contributed by atoms with Crippen LogP contribution in [0, 0.1) is 5.41 Å². The van der Waals surface area contributed by atoms with Gasteiger partial charge in [-0.05, 0) is 36.8 Å². The summed E-state index contributed by atoms with van der Waals surface area (Å²) in [6, 6.07) is 3.88. The highest BCUT2D eigenvalue weighted by molar-refractivity contribution is 7.14. The minimum Gasteiger partial charge on any atom is -0.481 e. The second-order valence-corrected chi connectivity index (χ2v) is 6.67. The number of thiophene rings is 1. The third kappa shape index (κ3) is 3.44. The summed E-state index contributed by atoms with van der Waals surface area (Å²) in [4.78, 5) is 25.4. The van der Waals surface area contributed by atoms with E-state index < -0.39 is 5.97 Å². The number of Topliss-reactive ketones (excluding diaryl/α,β-unsaturated/α-hetero) is 1. The van der Waals surface area contributed by atoms with E-state index in [0.717, 1.165) is 37.0 Å². The van der Waals surface area contributed by atoms with E-state index in [4.69, 9.17) is 5.11 Å². The van der Waals surface area contributed by atoms with Gasteiger partial charge < -0.3 is 5.11 Å². The maximum Gasteiger partial charge on any atom is 0.303 e. The quantitative estimate of drug-likeness (QED) is 0.803. The van der Waals surface area contributed by atoms with Gasteiger partial charge >= 0.3 is 5.97 Å². The van der Waals surface area contributed by atoms with Crippen LogP contribution in [0.3, 0.4) is 0 Å². The number of hydrogen-bond donors (Lipinski definition) is 1. The molecule has 1 heterocycles. The Morgan fingerprint density at radius 2 is 1.95 bits per heavy atom. The van der Waals surface area contributed by atoms with E-state index in [1.807, 2.05) is 12.1 Å². The van der Waals surface area contributed by atoms with Crippen molar-refractivity contribution in [2.75, 3.05) is 0 Å². The first kappa shape index (κ1) is 14.3. The van der Waals surface area contributed by atoms with Gasteiger partial charge in [0.05, 0.1) is 11.3 Å². The minimum absolute atomic E-state index is 0.118. The Morgan fingerprint density at radius 3 is 2.47 bits per heavy atom. The molecule has 0 spiro atoms. The first-order valence-electron chi connectivity index (χ1n) is 6.88. The normalized spacial score (nSPS) is 17.5. The van der Waals surface area contributed by atoms with Gasteiger partial charge in [0.25, 0.3) is 0 Å². The molecule has 1 aromatic rings. The molecule has 0 atom stereocenters. The highest BCUT2D eigenvalue weighted by Gasteiger charge is 2.38. The zero-order valence-corrected chi connectivity index (χ0v) is 12.1. The van der Waals surface area contributed by atoms with E-state index in [1.165, 1.54) is 4.88 Å². The van der Waals surface area contributed by atoms with Crippen molar-refractivity contribution in [3.63, 3.8) is 0 Å². The van der Waals surface area contributed by atoms with Gasteiger partial charge in [-0.15, -0.1) is 11.3 Å². The molecule has 104 valence electrons. The largest absolute Gasteiger partial charge is 0.481 e. The number of aliphatic carboxylic acids is 1. The second-order valence-electron chi connectivity index (χ2n) is 5.50. The lowest BCUT2D eigenvalue weighted by Gasteiger charge is -2.25. The predicted octanol–water partition coefficient (Wildman–Crippen LogP) is 3.92. The Balaban J connectivity index is 2.08. The lowest BCUT2D eigenvalue weighted by Crippen LogP contribution is -2.24. The van der Waals surface area contributed by atoms with Crippen LogP contribution in [-0.2, 0) is 11.2 Å². The van der Waals surface area contributed by atoms with Crippen molar-refractivity contribution in [2.45, 2.75) is 51.9 Å². The number of aryl methyl sites for hydroxylation is 1. The molecule has 0 unspecified atom stereocenters. The van der Waals surface area contributed by atoms with Crippen molar-refractivity contribution in [3.8, 4) is 0 Å². The number of carbonyl (C=O) groups is 2. The zero-order chi connectivity index (χ0) is 13.9. The van der Waals surface area contributed by atoms with E-state index in [2.05, 4.69) is 6.92 Å².